The Balaban J connectivity index is 0.00000264. The molecule has 1 aromatic rings. The molecule has 5 nitrogen and oxygen atoms in total. The van der Waals surface area contributed by atoms with Crippen LogP contribution in [0.2, 0.25) is 0 Å². The molecule has 1 saturated carbocycles. The van der Waals surface area contributed by atoms with Gasteiger partial charge in [0.15, 0.2) is 0 Å². The Kier molecular flexibility index (Phi) is 6.49. The molecule has 0 aliphatic heterocycles. The molecule has 0 radical (unpaired) electrons. The van der Waals surface area contributed by atoms with Crippen molar-refractivity contribution < 1.29 is 14.3 Å². The highest BCUT2D eigenvalue weighted by molar-refractivity contribution is 9.10. The van der Waals surface area contributed by atoms with E-state index in [0.29, 0.717) is 24.5 Å². The Labute approximate surface area is 151 Å². The molecule has 2 rings (SSSR count). The van der Waals surface area contributed by atoms with Gasteiger partial charge in [-0.15, -0.1) is 12.4 Å². The van der Waals surface area contributed by atoms with Crippen LogP contribution in [0.5, 0.6) is 5.75 Å². The van der Waals surface area contributed by atoms with Crippen molar-refractivity contribution in [2.24, 2.45) is 11.1 Å². The first kappa shape index (κ1) is 20.2. The van der Waals surface area contributed by atoms with E-state index in [9.17, 15) is 4.79 Å². The van der Waals surface area contributed by atoms with Crippen LogP contribution in [0, 0.1) is 5.41 Å². The summed E-state index contributed by atoms with van der Waals surface area (Å²) < 4.78 is 11.6. The zero-order chi connectivity index (χ0) is 16.5. The minimum absolute atomic E-state index is 0. The van der Waals surface area contributed by atoms with Crippen LogP contribution in [0.3, 0.4) is 0 Å². The van der Waals surface area contributed by atoms with Crippen LogP contribution in [0.4, 0.5) is 5.69 Å². The second-order valence-electron chi connectivity index (χ2n) is 6.14. The monoisotopic (exact) mass is 406 g/mol. The number of rotatable bonds is 5. The molecule has 1 amide bonds. The standard InChI is InChI=1S/C16H23BrN2O3.ClH/c1-5-22-13-9-16(18,15(13,2)3)14(20)19-10-6-7-12(21-4)11(17)8-10;/h6-8,13H,5,9,18H2,1-4H3,(H,19,20);1H. The number of ether oxygens (including phenoxy) is 2. The number of benzene rings is 1. The number of carbonyl (C=O) groups excluding carboxylic acids is 1. The fraction of sp³-hybridized carbons (Fsp3) is 0.562. The van der Waals surface area contributed by atoms with E-state index in [1.807, 2.05) is 20.8 Å². The summed E-state index contributed by atoms with van der Waals surface area (Å²) in [7, 11) is 1.60. The van der Waals surface area contributed by atoms with Gasteiger partial charge in [-0.25, -0.2) is 0 Å². The summed E-state index contributed by atoms with van der Waals surface area (Å²) in [5.74, 6) is 0.520. The summed E-state index contributed by atoms with van der Waals surface area (Å²) in [6.45, 7) is 6.51. The topological polar surface area (TPSA) is 73.6 Å². The summed E-state index contributed by atoms with van der Waals surface area (Å²) in [6.07, 6.45) is 0.535. The van der Waals surface area contributed by atoms with E-state index in [2.05, 4.69) is 21.2 Å². The Morgan fingerprint density at radius 3 is 2.61 bits per heavy atom. The van der Waals surface area contributed by atoms with Crippen molar-refractivity contribution >= 4 is 39.9 Å². The molecular weight excluding hydrogens is 384 g/mol. The van der Waals surface area contributed by atoms with Crippen LogP contribution in [0.1, 0.15) is 27.2 Å². The first-order valence-electron chi connectivity index (χ1n) is 7.31. The van der Waals surface area contributed by atoms with E-state index in [0.717, 1.165) is 4.47 Å². The van der Waals surface area contributed by atoms with Crippen LogP contribution in [0.15, 0.2) is 22.7 Å². The molecule has 3 N–H and O–H groups in total. The maximum atomic E-state index is 12.6. The summed E-state index contributed by atoms with van der Waals surface area (Å²) in [5.41, 5.74) is 5.70. The average molecular weight is 408 g/mol. The molecule has 1 fully saturated rings. The number of anilines is 1. The molecule has 2 atom stereocenters. The number of amides is 1. The van der Waals surface area contributed by atoms with Crippen molar-refractivity contribution in [3.8, 4) is 5.75 Å². The fourth-order valence-corrected chi connectivity index (χ4v) is 3.35. The molecule has 1 aromatic carbocycles. The van der Waals surface area contributed by atoms with E-state index >= 15 is 0 Å². The smallest absolute Gasteiger partial charge is 0.245 e. The molecule has 0 aromatic heterocycles. The third kappa shape index (κ3) is 3.50. The average Bonchev–Trinajstić information content (AvgIpc) is 2.47. The van der Waals surface area contributed by atoms with E-state index in [-0.39, 0.29) is 24.4 Å². The van der Waals surface area contributed by atoms with Gasteiger partial charge in [0.1, 0.15) is 11.3 Å². The quantitative estimate of drug-likeness (QED) is 0.785. The maximum absolute atomic E-state index is 12.6. The number of hydrogen-bond acceptors (Lipinski definition) is 4. The summed E-state index contributed by atoms with van der Waals surface area (Å²) >= 11 is 3.40. The zero-order valence-corrected chi connectivity index (χ0v) is 16.2. The highest BCUT2D eigenvalue weighted by atomic mass is 79.9. The van der Waals surface area contributed by atoms with Crippen molar-refractivity contribution in [1.82, 2.24) is 0 Å². The van der Waals surface area contributed by atoms with Crippen molar-refractivity contribution in [2.45, 2.75) is 38.8 Å². The largest absolute Gasteiger partial charge is 0.496 e. The van der Waals surface area contributed by atoms with Gasteiger partial charge in [-0.2, -0.15) is 0 Å². The zero-order valence-electron chi connectivity index (χ0n) is 13.8. The van der Waals surface area contributed by atoms with Gasteiger partial charge in [-0.1, -0.05) is 13.8 Å². The lowest BCUT2D eigenvalue weighted by atomic mass is 9.54. The lowest BCUT2D eigenvalue weighted by Gasteiger charge is -2.57. The molecular formula is C16H24BrClN2O3. The van der Waals surface area contributed by atoms with Gasteiger partial charge in [-0.05, 0) is 41.1 Å². The number of carbonyl (C=O) groups is 1. The Morgan fingerprint density at radius 2 is 2.13 bits per heavy atom. The number of hydrogen-bond donors (Lipinski definition) is 2. The number of methoxy groups -OCH3 is 1. The molecule has 0 saturated heterocycles. The van der Waals surface area contributed by atoms with Gasteiger partial charge in [0, 0.05) is 24.1 Å². The minimum Gasteiger partial charge on any atom is -0.496 e. The molecule has 0 spiro atoms. The van der Waals surface area contributed by atoms with Crippen molar-refractivity contribution in [2.75, 3.05) is 19.0 Å². The summed E-state index contributed by atoms with van der Waals surface area (Å²) in [6, 6.07) is 5.38. The molecule has 1 aliphatic rings. The predicted octanol–water partition coefficient (Wildman–Crippen LogP) is 3.35. The van der Waals surface area contributed by atoms with E-state index in [1.54, 1.807) is 25.3 Å². The number of nitrogens with one attached hydrogen (secondary N) is 1. The van der Waals surface area contributed by atoms with Crippen molar-refractivity contribution in [1.29, 1.82) is 0 Å². The van der Waals surface area contributed by atoms with Crippen molar-refractivity contribution in [3.63, 3.8) is 0 Å². The molecule has 2 unspecified atom stereocenters. The van der Waals surface area contributed by atoms with Gasteiger partial charge in [-0.3, -0.25) is 4.79 Å². The normalized spacial score (nSPS) is 25.0. The number of nitrogens with two attached hydrogens (primary N) is 1. The highest BCUT2D eigenvalue weighted by Crippen LogP contribution is 2.50. The Hall–Kier alpha value is -0.820. The first-order chi connectivity index (χ1) is 10.3. The molecule has 0 bridgehead atoms. The maximum Gasteiger partial charge on any atom is 0.245 e. The van der Waals surface area contributed by atoms with Crippen LogP contribution in [0.25, 0.3) is 0 Å². The fourth-order valence-electron chi connectivity index (χ4n) is 2.81. The lowest BCUT2D eigenvalue weighted by molar-refractivity contribution is -0.166. The second-order valence-corrected chi connectivity index (χ2v) is 7.00. The van der Waals surface area contributed by atoms with E-state index in [1.165, 1.54) is 0 Å². The summed E-state index contributed by atoms with van der Waals surface area (Å²) in [4.78, 5) is 12.6. The molecule has 1 aliphatic carbocycles. The second kappa shape index (κ2) is 7.38. The molecule has 7 heteroatoms. The Morgan fingerprint density at radius 1 is 1.48 bits per heavy atom. The lowest BCUT2D eigenvalue weighted by Crippen LogP contribution is -2.74. The highest BCUT2D eigenvalue weighted by Gasteiger charge is 2.62. The van der Waals surface area contributed by atoms with Crippen LogP contribution in [-0.4, -0.2) is 31.3 Å². The van der Waals surface area contributed by atoms with Gasteiger partial charge < -0.3 is 20.5 Å². The van der Waals surface area contributed by atoms with Gasteiger partial charge >= 0.3 is 0 Å². The van der Waals surface area contributed by atoms with Crippen LogP contribution >= 0.6 is 28.3 Å². The Bertz CT molecular complexity index is 582. The van der Waals surface area contributed by atoms with E-state index in [4.69, 9.17) is 15.2 Å². The van der Waals surface area contributed by atoms with E-state index < -0.39 is 11.0 Å². The minimum atomic E-state index is -0.931. The first-order valence-corrected chi connectivity index (χ1v) is 8.11. The van der Waals surface area contributed by atoms with Crippen LogP contribution < -0.4 is 15.8 Å². The van der Waals surface area contributed by atoms with Gasteiger partial charge in [0.2, 0.25) is 5.91 Å². The van der Waals surface area contributed by atoms with Gasteiger partial charge in [0.05, 0.1) is 17.7 Å². The molecule has 0 heterocycles. The third-order valence-corrected chi connectivity index (χ3v) is 5.26. The van der Waals surface area contributed by atoms with Crippen LogP contribution in [-0.2, 0) is 9.53 Å². The molecule has 130 valence electrons. The third-order valence-electron chi connectivity index (χ3n) is 4.64. The van der Waals surface area contributed by atoms with Crippen molar-refractivity contribution in [3.05, 3.63) is 22.7 Å². The molecule has 23 heavy (non-hydrogen) atoms. The predicted molar refractivity (Wildman–Crippen MR) is 97.3 cm³/mol. The summed E-state index contributed by atoms with van der Waals surface area (Å²) in [5, 5.41) is 2.89. The SMILES string of the molecule is CCOC1CC(N)(C(=O)Nc2ccc(OC)c(Br)c2)C1(C)C.Cl. The van der Waals surface area contributed by atoms with Gasteiger partial charge in [0.25, 0.3) is 0 Å². The number of halogens is 2.